The highest BCUT2D eigenvalue weighted by Gasteiger charge is 2.37. The van der Waals surface area contributed by atoms with Gasteiger partial charge in [-0.2, -0.15) is 31.3 Å². The van der Waals surface area contributed by atoms with Gasteiger partial charge in [-0.3, -0.25) is 14.5 Å². The van der Waals surface area contributed by atoms with Crippen molar-refractivity contribution < 1.29 is 35.9 Å². The van der Waals surface area contributed by atoms with Crippen molar-refractivity contribution in [1.29, 1.82) is 0 Å². The van der Waals surface area contributed by atoms with Gasteiger partial charge in [-0.15, -0.1) is 0 Å². The summed E-state index contributed by atoms with van der Waals surface area (Å²) in [7, 11) is 1.50. The Labute approximate surface area is 293 Å². The number of piperazine rings is 1. The van der Waals surface area contributed by atoms with Crippen molar-refractivity contribution in [3.63, 3.8) is 0 Å². The van der Waals surface area contributed by atoms with Gasteiger partial charge in [0, 0.05) is 51.8 Å². The summed E-state index contributed by atoms with van der Waals surface area (Å²) in [5.41, 5.74) is -0.663. The predicted octanol–water partition coefficient (Wildman–Crippen LogP) is 7.96. The Kier molecular flexibility index (Phi) is 12.0. The number of carbonyl (C=O) groups excluding carboxylic acids is 2. The zero-order valence-corrected chi connectivity index (χ0v) is 28.0. The molecule has 1 unspecified atom stereocenters. The standard InChI is InChI=1S/C39H38F6N4O2/c1-47(20-19-29-25-32(38(40,41)42)27-33(26-29)39(43,44)45)37(51)35(30-13-7-3-8-14-30)49-23-21-48(22-24-49)34(18-17-28-11-5-2-6-12-28)46-36(50)31-15-9-4-10-16-31/h2-16,25-27,35H,17-24H2,1H3. The van der Waals surface area contributed by atoms with E-state index in [9.17, 15) is 35.9 Å². The lowest BCUT2D eigenvalue weighted by Crippen LogP contribution is -2.52. The summed E-state index contributed by atoms with van der Waals surface area (Å²) in [4.78, 5) is 37.1. The smallest absolute Gasteiger partial charge is 0.357 e. The minimum absolute atomic E-state index is 0.0960. The molecule has 1 heterocycles. The number of carbonyl (C=O) groups is 2. The third-order valence-electron chi connectivity index (χ3n) is 8.88. The molecule has 268 valence electrons. The molecule has 1 aliphatic rings. The minimum Gasteiger partial charge on any atom is -0.357 e. The number of likely N-dealkylation sites (N-methyl/N-ethyl adjacent to an activating group) is 1. The molecule has 0 saturated carbocycles. The van der Waals surface area contributed by atoms with Crippen molar-refractivity contribution in [2.45, 2.75) is 37.7 Å². The van der Waals surface area contributed by atoms with E-state index in [1.807, 2.05) is 59.5 Å². The van der Waals surface area contributed by atoms with Crippen LogP contribution < -0.4 is 0 Å². The Balaban J connectivity index is 1.32. The first-order chi connectivity index (χ1) is 24.3. The van der Waals surface area contributed by atoms with E-state index in [1.54, 1.807) is 36.4 Å². The molecule has 0 aliphatic carbocycles. The Bertz CT molecular complexity index is 1760. The van der Waals surface area contributed by atoms with E-state index in [1.165, 1.54) is 11.9 Å². The molecule has 1 aliphatic heterocycles. The summed E-state index contributed by atoms with van der Waals surface area (Å²) >= 11 is 0. The molecule has 0 radical (unpaired) electrons. The SMILES string of the molecule is CN(CCc1cc(C(F)(F)F)cc(C(F)(F)F)c1)C(=O)C(c1ccccc1)N1CCN(C(CCc2ccccc2)=NC(=O)c2ccccc2)CC1. The van der Waals surface area contributed by atoms with Crippen LogP contribution >= 0.6 is 0 Å². The molecule has 0 spiro atoms. The fourth-order valence-corrected chi connectivity index (χ4v) is 6.11. The van der Waals surface area contributed by atoms with Gasteiger partial charge in [0.1, 0.15) is 11.9 Å². The number of aliphatic imine (C=N–C) groups is 1. The van der Waals surface area contributed by atoms with E-state index in [2.05, 4.69) is 9.89 Å². The Morgan fingerprint density at radius 1 is 0.706 bits per heavy atom. The first-order valence-corrected chi connectivity index (χ1v) is 16.6. The zero-order valence-electron chi connectivity index (χ0n) is 28.0. The average Bonchev–Trinajstić information content (AvgIpc) is 3.13. The van der Waals surface area contributed by atoms with Gasteiger partial charge >= 0.3 is 12.4 Å². The van der Waals surface area contributed by atoms with Crippen LogP contribution in [0.25, 0.3) is 0 Å². The van der Waals surface area contributed by atoms with E-state index in [0.717, 1.165) is 5.56 Å². The number of nitrogens with zero attached hydrogens (tertiary/aromatic N) is 4. The number of hydrogen-bond acceptors (Lipinski definition) is 3. The van der Waals surface area contributed by atoms with Gasteiger partial charge in [-0.25, -0.2) is 0 Å². The highest BCUT2D eigenvalue weighted by molar-refractivity contribution is 6.03. The molecule has 1 fully saturated rings. The topological polar surface area (TPSA) is 56.2 Å². The summed E-state index contributed by atoms with van der Waals surface area (Å²) < 4.78 is 80.6. The highest BCUT2D eigenvalue weighted by atomic mass is 19.4. The van der Waals surface area contributed by atoms with Gasteiger partial charge in [-0.05, 0) is 59.9 Å². The van der Waals surface area contributed by atoms with E-state index < -0.39 is 29.5 Å². The van der Waals surface area contributed by atoms with Gasteiger partial charge in [0.25, 0.3) is 5.91 Å². The van der Waals surface area contributed by atoms with Crippen molar-refractivity contribution in [3.8, 4) is 0 Å². The number of halogens is 6. The van der Waals surface area contributed by atoms with Crippen LogP contribution in [0.2, 0.25) is 0 Å². The van der Waals surface area contributed by atoms with Crippen molar-refractivity contribution in [2.24, 2.45) is 4.99 Å². The second-order valence-electron chi connectivity index (χ2n) is 12.4. The normalized spacial score (nSPS) is 15.0. The number of amidine groups is 1. The molecular weight excluding hydrogens is 670 g/mol. The van der Waals surface area contributed by atoms with Crippen LogP contribution in [-0.4, -0.2) is 72.1 Å². The predicted molar refractivity (Wildman–Crippen MR) is 183 cm³/mol. The Morgan fingerprint density at radius 2 is 1.24 bits per heavy atom. The quantitative estimate of drug-likeness (QED) is 0.0954. The maximum Gasteiger partial charge on any atom is 0.416 e. The maximum absolute atomic E-state index is 14.0. The molecule has 0 aromatic heterocycles. The molecule has 0 N–H and O–H groups in total. The van der Waals surface area contributed by atoms with E-state index >= 15 is 0 Å². The average molecular weight is 709 g/mol. The molecule has 12 heteroatoms. The minimum atomic E-state index is -4.96. The maximum atomic E-state index is 14.0. The molecular formula is C39H38F6N4O2. The Morgan fingerprint density at radius 3 is 1.78 bits per heavy atom. The van der Waals surface area contributed by atoms with Crippen LogP contribution in [0.15, 0.2) is 114 Å². The fraction of sp³-hybridized carbons (Fsp3) is 0.308. The molecule has 5 rings (SSSR count). The molecule has 1 atom stereocenters. The van der Waals surface area contributed by atoms with Gasteiger partial charge in [0.2, 0.25) is 5.91 Å². The van der Waals surface area contributed by atoms with Crippen molar-refractivity contribution in [2.75, 3.05) is 39.8 Å². The zero-order chi connectivity index (χ0) is 36.6. The summed E-state index contributed by atoms with van der Waals surface area (Å²) in [6.45, 7) is 1.72. The second kappa shape index (κ2) is 16.4. The Hall–Kier alpha value is -4.97. The number of benzene rings is 4. The van der Waals surface area contributed by atoms with Gasteiger partial charge in [0.05, 0.1) is 11.1 Å². The third kappa shape index (κ3) is 10.1. The fourth-order valence-electron chi connectivity index (χ4n) is 6.11. The highest BCUT2D eigenvalue weighted by Crippen LogP contribution is 2.36. The van der Waals surface area contributed by atoms with Crippen LogP contribution in [0.5, 0.6) is 0 Å². The number of aryl methyl sites for hydroxylation is 1. The molecule has 2 amide bonds. The number of alkyl halides is 6. The second-order valence-corrected chi connectivity index (χ2v) is 12.4. The van der Waals surface area contributed by atoms with Crippen LogP contribution in [-0.2, 0) is 30.0 Å². The molecule has 4 aromatic carbocycles. The summed E-state index contributed by atoms with van der Waals surface area (Å²) in [6, 6.07) is 28.5. The van der Waals surface area contributed by atoms with Gasteiger partial charge < -0.3 is 9.80 Å². The van der Waals surface area contributed by atoms with Gasteiger partial charge in [-0.1, -0.05) is 78.9 Å². The van der Waals surface area contributed by atoms with E-state index in [0.29, 0.717) is 68.1 Å². The number of hydrogen-bond donors (Lipinski definition) is 0. The van der Waals surface area contributed by atoms with Crippen LogP contribution in [0, 0.1) is 0 Å². The lowest BCUT2D eigenvalue weighted by Gasteiger charge is -2.41. The van der Waals surface area contributed by atoms with Crippen LogP contribution in [0.4, 0.5) is 26.3 Å². The number of rotatable bonds is 10. The largest absolute Gasteiger partial charge is 0.416 e. The van der Waals surface area contributed by atoms with E-state index in [-0.39, 0.29) is 36.4 Å². The van der Waals surface area contributed by atoms with Crippen LogP contribution in [0.1, 0.15) is 50.6 Å². The van der Waals surface area contributed by atoms with Crippen molar-refractivity contribution in [3.05, 3.63) is 143 Å². The molecule has 4 aromatic rings. The molecule has 6 nitrogen and oxygen atoms in total. The van der Waals surface area contributed by atoms with Crippen molar-refractivity contribution in [1.82, 2.24) is 14.7 Å². The molecule has 0 bridgehead atoms. The third-order valence-corrected chi connectivity index (χ3v) is 8.88. The lowest BCUT2D eigenvalue weighted by molar-refractivity contribution is -0.143. The summed E-state index contributed by atoms with van der Waals surface area (Å²) in [6.07, 6.45) is -8.92. The lowest BCUT2D eigenvalue weighted by atomic mass is 10.0. The van der Waals surface area contributed by atoms with E-state index in [4.69, 9.17) is 0 Å². The van der Waals surface area contributed by atoms with Crippen LogP contribution in [0.3, 0.4) is 0 Å². The summed E-state index contributed by atoms with van der Waals surface area (Å²) in [5, 5.41) is 0. The molecule has 1 saturated heterocycles. The first kappa shape index (κ1) is 37.3. The van der Waals surface area contributed by atoms with Gasteiger partial charge in [0.15, 0.2) is 0 Å². The number of amides is 2. The molecule has 51 heavy (non-hydrogen) atoms. The van der Waals surface area contributed by atoms with Crippen molar-refractivity contribution >= 4 is 17.6 Å². The first-order valence-electron chi connectivity index (χ1n) is 16.6. The monoisotopic (exact) mass is 708 g/mol. The summed E-state index contributed by atoms with van der Waals surface area (Å²) in [5.74, 6) is -0.0375.